The molecule has 0 N–H and O–H groups in total. The number of carbonyl (C=O) groups is 1. The van der Waals surface area contributed by atoms with Gasteiger partial charge in [-0.05, 0) is 49.2 Å². The van der Waals surface area contributed by atoms with Crippen LogP contribution >= 0.6 is 11.8 Å². The van der Waals surface area contributed by atoms with E-state index in [2.05, 4.69) is 26.9 Å². The summed E-state index contributed by atoms with van der Waals surface area (Å²) in [6, 6.07) is 23.6. The van der Waals surface area contributed by atoms with Gasteiger partial charge in [0.25, 0.3) is 0 Å². The van der Waals surface area contributed by atoms with Gasteiger partial charge in [0.2, 0.25) is 0 Å². The molecule has 1 heterocycles. The molecule has 0 fully saturated rings. The maximum Gasteiger partial charge on any atom is 0.191 e. The molecule has 34 heavy (non-hydrogen) atoms. The van der Waals surface area contributed by atoms with E-state index in [1.807, 2.05) is 61.5 Å². The van der Waals surface area contributed by atoms with Crippen LogP contribution in [0.2, 0.25) is 0 Å². The molecule has 0 spiro atoms. The van der Waals surface area contributed by atoms with Gasteiger partial charge in [0.05, 0.1) is 13.7 Å². The fraction of sp³-hybridized carbons (Fsp3) is 0.222. The average Bonchev–Trinajstić information content (AvgIpc) is 3.23. The van der Waals surface area contributed by atoms with E-state index in [-0.39, 0.29) is 5.78 Å². The predicted molar refractivity (Wildman–Crippen MR) is 134 cm³/mol. The molecule has 4 rings (SSSR count). The lowest BCUT2D eigenvalue weighted by molar-refractivity contribution is 0.101. The quantitative estimate of drug-likeness (QED) is 0.217. The van der Waals surface area contributed by atoms with Crippen LogP contribution in [-0.4, -0.2) is 27.7 Å². The smallest absolute Gasteiger partial charge is 0.191 e. The summed E-state index contributed by atoms with van der Waals surface area (Å²) in [5.74, 6) is 2.94. The van der Waals surface area contributed by atoms with Crippen molar-refractivity contribution in [3.05, 3.63) is 101 Å². The molecule has 7 heteroatoms. The summed E-state index contributed by atoms with van der Waals surface area (Å²) >= 11 is 1.56. The molecule has 0 atom stereocenters. The molecule has 0 aliphatic carbocycles. The molecule has 6 nitrogen and oxygen atoms in total. The van der Waals surface area contributed by atoms with Gasteiger partial charge in [0.15, 0.2) is 16.8 Å². The molecule has 0 amide bonds. The summed E-state index contributed by atoms with van der Waals surface area (Å²) in [4.78, 5) is 11.9. The number of hydrogen-bond acceptors (Lipinski definition) is 6. The Morgan fingerprint density at radius 1 is 0.971 bits per heavy atom. The Morgan fingerprint density at radius 2 is 1.74 bits per heavy atom. The van der Waals surface area contributed by atoms with Gasteiger partial charge in [0, 0.05) is 16.9 Å². The van der Waals surface area contributed by atoms with E-state index < -0.39 is 0 Å². The average molecular weight is 474 g/mol. The number of benzene rings is 3. The largest absolute Gasteiger partial charge is 0.496 e. The molecule has 0 bridgehead atoms. The molecule has 0 saturated carbocycles. The van der Waals surface area contributed by atoms with Crippen LogP contribution in [0.3, 0.4) is 0 Å². The monoisotopic (exact) mass is 473 g/mol. The number of aromatic nitrogens is 3. The normalized spacial score (nSPS) is 10.8. The summed E-state index contributed by atoms with van der Waals surface area (Å²) in [5, 5.41) is 9.68. The molecule has 4 aromatic rings. The highest BCUT2D eigenvalue weighted by molar-refractivity contribution is 7.98. The van der Waals surface area contributed by atoms with Crippen molar-refractivity contribution in [2.24, 2.45) is 0 Å². The van der Waals surface area contributed by atoms with Crippen LogP contribution in [0.25, 0.3) is 0 Å². The van der Waals surface area contributed by atoms with Gasteiger partial charge in [-0.1, -0.05) is 60.3 Å². The number of nitrogens with zero attached hydrogens (tertiary/aromatic N) is 3. The van der Waals surface area contributed by atoms with E-state index in [1.165, 1.54) is 0 Å². The number of carbonyl (C=O) groups excluding carboxylic acids is 1. The zero-order valence-electron chi connectivity index (χ0n) is 19.5. The van der Waals surface area contributed by atoms with Crippen molar-refractivity contribution in [3.8, 4) is 11.5 Å². The number of ketones is 1. The number of ether oxygens (including phenoxy) is 2. The first kappa shape index (κ1) is 23.6. The highest BCUT2D eigenvalue weighted by Gasteiger charge is 2.16. The van der Waals surface area contributed by atoms with Gasteiger partial charge < -0.3 is 9.47 Å². The second-order valence-corrected chi connectivity index (χ2v) is 8.84. The zero-order chi connectivity index (χ0) is 23.9. The van der Waals surface area contributed by atoms with Gasteiger partial charge in [-0.2, -0.15) is 0 Å². The Hall–Kier alpha value is -3.58. The van der Waals surface area contributed by atoms with Crippen molar-refractivity contribution in [2.45, 2.75) is 37.9 Å². The summed E-state index contributed by atoms with van der Waals surface area (Å²) in [5.41, 5.74) is 3.82. The van der Waals surface area contributed by atoms with Crippen LogP contribution in [-0.2, 0) is 18.9 Å². The van der Waals surface area contributed by atoms with Crippen molar-refractivity contribution in [1.29, 1.82) is 0 Å². The highest BCUT2D eigenvalue weighted by atomic mass is 32.2. The Kier molecular flexibility index (Phi) is 7.65. The van der Waals surface area contributed by atoms with E-state index in [4.69, 9.17) is 9.47 Å². The second kappa shape index (κ2) is 11.0. The molecule has 0 aliphatic heterocycles. The maximum atomic E-state index is 11.9. The summed E-state index contributed by atoms with van der Waals surface area (Å²) in [6.45, 7) is 4.53. The van der Waals surface area contributed by atoms with Gasteiger partial charge >= 0.3 is 0 Å². The van der Waals surface area contributed by atoms with E-state index in [0.717, 1.165) is 39.2 Å². The zero-order valence-corrected chi connectivity index (χ0v) is 20.3. The minimum absolute atomic E-state index is 0.0248. The Labute approximate surface area is 203 Å². The highest BCUT2D eigenvalue weighted by Crippen LogP contribution is 2.29. The topological polar surface area (TPSA) is 66.2 Å². The van der Waals surface area contributed by atoms with Crippen LogP contribution in [0.1, 0.15) is 39.8 Å². The van der Waals surface area contributed by atoms with E-state index in [1.54, 1.807) is 31.9 Å². The van der Waals surface area contributed by atoms with Crippen molar-refractivity contribution in [2.75, 3.05) is 7.11 Å². The molecule has 0 unspecified atom stereocenters. The van der Waals surface area contributed by atoms with Crippen LogP contribution in [0, 0.1) is 6.92 Å². The van der Waals surface area contributed by atoms with Crippen molar-refractivity contribution >= 4 is 17.5 Å². The van der Waals surface area contributed by atoms with E-state index in [0.29, 0.717) is 24.5 Å². The molecular weight excluding hydrogens is 446 g/mol. The molecule has 0 aliphatic rings. The van der Waals surface area contributed by atoms with Crippen molar-refractivity contribution in [1.82, 2.24) is 14.8 Å². The number of aryl methyl sites for hydroxylation is 1. The SMILES string of the molecule is COc1ccc(C(C)=O)cc1CSc1nnc(COc2ccccc2C)n1Cc1ccccc1. The second-order valence-electron chi connectivity index (χ2n) is 7.90. The Bertz CT molecular complexity index is 1270. The Balaban J connectivity index is 1.59. The fourth-order valence-corrected chi connectivity index (χ4v) is 4.51. The summed E-state index contributed by atoms with van der Waals surface area (Å²) in [6.07, 6.45) is 0. The number of thioether (sulfide) groups is 1. The first-order chi connectivity index (χ1) is 16.5. The van der Waals surface area contributed by atoms with Crippen molar-refractivity contribution < 1.29 is 14.3 Å². The molecule has 1 aromatic heterocycles. The summed E-state index contributed by atoms with van der Waals surface area (Å²) < 4.78 is 13.7. The number of rotatable bonds is 10. The van der Waals surface area contributed by atoms with E-state index >= 15 is 0 Å². The molecule has 0 saturated heterocycles. The number of Topliss-reactive ketones (excluding diaryl/α,β-unsaturated/α-hetero) is 1. The Morgan fingerprint density at radius 3 is 2.47 bits per heavy atom. The third-order valence-corrected chi connectivity index (χ3v) is 6.49. The number of hydrogen-bond donors (Lipinski definition) is 0. The van der Waals surface area contributed by atoms with Crippen LogP contribution in [0.15, 0.2) is 78.0 Å². The minimum Gasteiger partial charge on any atom is -0.496 e. The van der Waals surface area contributed by atoms with Gasteiger partial charge in [0.1, 0.15) is 18.1 Å². The summed E-state index contributed by atoms with van der Waals surface area (Å²) in [7, 11) is 1.63. The number of methoxy groups -OCH3 is 1. The lowest BCUT2D eigenvalue weighted by atomic mass is 10.1. The standard InChI is InChI=1S/C27H27N3O3S/c1-19-9-7-8-12-24(19)33-17-26-28-29-27(30(26)16-21-10-5-4-6-11-21)34-18-23-15-22(20(2)31)13-14-25(23)32-3/h4-15H,16-18H2,1-3H3. The first-order valence-electron chi connectivity index (χ1n) is 11.0. The molecule has 3 aromatic carbocycles. The van der Waals surface area contributed by atoms with Crippen LogP contribution in [0.4, 0.5) is 0 Å². The minimum atomic E-state index is 0.0248. The first-order valence-corrected chi connectivity index (χ1v) is 12.0. The predicted octanol–water partition coefficient (Wildman–Crippen LogP) is 5.72. The molecule has 174 valence electrons. The van der Waals surface area contributed by atoms with Gasteiger partial charge in [-0.3, -0.25) is 9.36 Å². The number of para-hydroxylation sites is 1. The molecule has 0 radical (unpaired) electrons. The third kappa shape index (κ3) is 5.66. The van der Waals surface area contributed by atoms with E-state index in [9.17, 15) is 4.79 Å². The van der Waals surface area contributed by atoms with Crippen molar-refractivity contribution in [3.63, 3.8) is 0 Å². The van der Waals surface area contributed by atoms with Gasteiger partial charge in [-0.15, -0.1) is 10.2 Å². The molecular formula is C27H27N3O3S. The van der Waals surface area contributed by atoms with Crippen LogP contribution < -0.4 is 9.47 Å². The lowest BCUT2D eigenvalue weighted by Crippen LogP contribution is -2.10. The van der Waals surface area contributed by atoms with Crippen LogP contribution in [0.5, 0.6) is 11.5 Å². The fourth-order valence-electron chi connectivity index (χ4n) is 3.57. The maximum absolute atomic E-state index is 11.9. The third-order valence-electron chi connectivity index (χ3n) is 5.47. The van der Waals surface area contributed by atoms with Gasteiger partial charge in [-0.25, -0.2) is 0 Å². The lowest BCUT2D eigenvalue weighted by Gasteiger charge is -2.13.